The molecule has 104 valence electrons. The highest BCUT2D eigenvalue weighted by Crippen LogP contribution is 2.24. The van der Waals surface area contributed by atoms with E-state index in [1.807, 2.05) is 6.07 Å². The summed E-state index contributed by atoms with van der Waals surface area (Å²) in [5, 5.41) is 2.73. The number of rotatable bonds is 5. The molecule has 0 bridgehead atoms. The van der Waals surface area contributed by atoms with Crippen molar-refractivity contribution in [2.24, 2.45) is 5.73 Å². The topological polar surface area (TPSA) is 97.2 Å². The Kier molecular flexibility index (Phi) is 4.52. The number of aromatic amines is 1. The lowest BCUT2D eigenvalue weighted by Crippen LogP contribution is -2.16. The molecule has 0 fully saturated rings. The fourth-order valence-electron chi connectivity index (χ4n) is 1.61. The summed E-state index contributed by atoms with van der Waals surface area (Å²) in [5.41, 5.74) is 6.04. The standard InChI is InChI=1S/C14H15N3O3/c15-7-8-20-12-4-2-1-3-11(12)17-14(19)10-5-6-13(18)16-9-10/h1-6,9H,7-8,15H2,(H,16,18)(H,17,19). The minimum Gasteiger partial charge on any atom is -0.490 e. The molecule has 20 heavy (non-hydrogen) atoms. The van der Waals surface area contributed by atoms with E-state index in [9.17, 15) is 9.59 Å². The highest BCUT2D eigenvalue weighted by molar-refractivity contribution is 6.04. The van der Waals surface area contributed by atoms with Crippen LogP contribution in [0, 0.1) is 0 Å². The number of carbonyl (C=O) groups is 1. The maximum absolute atomic E-state index is 12.0. The first-order valence-corrected chi connectivity index (χ1v) is 6.12. The zero-order chi connectivity index (χ0) is 14.4. The molecule has 0 unspecified atom stereocenters. The normalized spacial score (nSPS) is 10.1. The summed E-state index contributed by atoms with van der Waals surface area (Å²) in [6.07, 6.45) is 1.36. The Hall–Kier alpha value is -2.60. The van der Waals surface area contributed by atoms with Crippen LogP contribution in [0.25, 0.3) is 0 Å². The van der Waals surface area contributed by atoms with Gasteiger partial charge in [0, 0.05) is 18.8 Å². The van der Waals surface area contributed by atoms with E-state index in [2.05, 4.69) is 10.3 Å². The van der Waals surface area contributed by atoms with E-state index in [-0.39, 0.29) is 11.5 Å². The predicted octanol–water partition coefficient (Wildman–Crippen LogP) is 0.965. The lowest BCUT2D eigenvalue weighted by atomic mass is 10.2. The molecule has 4 N–H and O–H groups in total. The van der Waals surface area contributed by atoms with E-state index in [0.29, 0.717) is 30.2 Å². The van der Waals surface area contributed by atoms with E-state index >= 15 is 0 Å². The van der Waals surface area contributed by atoms with Crippen LogP contribution in [0.1, 0.15) is 10.4 Å². The zero-order valence-electron chi connectivity index (χ0n) is 10.8. The van der Waals surface area contributed by atoms with E-state index in [4.69, 9.17) is 10.5 Å². The second-order valence-corrected chi connectivity index (χ2v) is 4.03. The number of para-hydroxylation sites is 2. The SMILES string of the molecule is NCCOc1ccccc1NC(=O)c1ccc(=O)[nH]c1. The molecule has 0 aliphatic heterocycles. The molecule has 1 amide bonds. The lowest BCUT2D eigenvalue weighted by Gasteiger charge is -2.11. The molecule has 2 rings (SSSR count). The average molecular weight is 273 g/mol. The third kappa shape index (κ3) is 3.46. The van der Waals surface area contributed by atoms with Crippen molar-refractivity contribution in [2.75, 3.05) is 18.5 Å². The first-order chi connectivity index (χ1) is 9.70. The van der Waals surface area contributed by atoms with E-state index in [1.165, 1.54) is 18.3 Å². The van der Waals surface area contributed by atoms with Crippen LogP contribution >= 0.6 is 0 Å². The number of pyridine rings is 1. The number of amides is 1. The number of H-pyrrole nitrogens is 1. The van der Waals surface area contributed by atoms with Crippen molar-refractivity contribution in [3.8, 4) is 5.75 Å². The average Bonchev–Trinajstić information content (AvgIpc) is 2.47. The Morgan fingerprint density at radius 3 is 2.75 bits per heavy atom. The smallest absolute Gasteiger partial charge is 0.257 e. The monoisotopic (exact) mass is 273 g/mol. The lowest BCUT2D eigenvalue weighted by molar-refractivity contribution is 0.102. The zero-order valence-corrected chi connectivity index (χ0v) is 10.8. The molecule has 0 aliphatic carbocycles. The number of aromatic nitrogens is 1. The van der Waals surface area contributed by atoms with Gasteiger partial charge in [-0.2, -0.15) is 0 Å². The van der Waals surface area contributed by atoms with Gasteiger partial charge in [0.1, 0.15) is 12.4 Å². The predicted molar refractivity (Wildman–Crippen MR) is 76.0 cm³/mol. The number of anilines is 1. The van der Waals surface area contributed by atoms with Gasteiger partial charge in [-0.1, -0.05) is 12.1 Å². The van der Waals surface area contributed by atoms with E-state index in [1.54, 1.807) is 18.2 Å². The number of nitrogens with two attached hydrogens (primary N) is 1. The van der Waals surface area contributed by atoms with Gasteiger partial charge < -0.3 is 20.8 Å². The van der Waals surface area contributed by atoms with Gasteiger partial charge >= 0.3 is 0 Å². The van der Waals surface area contributed by atoms with Crippen molar-refractivity contribution in [1.82, 2.24) is 4.98 Å². The first-order valence-electron chi connectivity index (χ1n) is 6.12. The summed E-state index contributed by atoms with van der Waals surface area (Å²) in [6.45, 7) is 0.758. The summed E-state index contributed by atoms with van der Waals surface area (Å²) in [5.74, 6) is 0.223. The van der Waals surface area contributed by atoms with Crippen LogP contribution in [-0.4, -0.2) is 24.0 Å². The Bertz CT molecular complexity index is 632. The maximum atomic E-state index is 12.0. The van der Waals surface area contributed by atoms with Crippen molar-refractivity contribution in [3.63, 3.8) is 0 Å². The van der Waals surface area contributed by atoms with Crippen molar-refractivity contribution in [3.05, 3.63) is 58.5 Å². The van der Waals surface area contributed by atoms with Crippen molar-refractivity contribution in [2.45, 2.75) is 0 Å². The van der Waals surface area contributed by atoms with E-state index in [0.717, 1.165) is 0 Å². The van der Waals surface area contributed by atoms with Gasteiger partial charge in [-0.05, 0) is 18.2 Å². The van der Waals surface area contributed by atoms with Crippen LogP contribution in [0.2, 0.25) is 0 Å². The van der Waals surface area contributed by atoms with Crippen LogP contribution in [-0.2, 0) is 0 Å². The molecule has 0 saturated carbocycles. The first kappa shape index (κ1) is 13.8. The van der Waals surface area contributed by atoms with Gasteiger partial charge in [0.2, 0.25) is 5.56 Å². The Balaban J connectivity index is 2.15. The third-order valence-electron chi connectivity index (χ3n) is 2.56. The van der Waals surface area contributed by atoms with Gasteiger partial charge in [0.25, 0.3) is 5.91 Å². The fourth-order valence-corrected chi connectivity index (χ4v) is 1.61. The molecular weight excluding hydrogens is 258 g/mol. The van der Waals surface area contributed by atoms with Crippen LogP contribution in [0.15, 0.2) is 47.4 Å². The number of nitrogens with one attached hydrogen (secondary N) is 2. The van der Waals surface area contributed by atoms with Gasteiger partial charge in [0.15, 0.2) is 0 Å². The van der Waals surface area contributed by atoms with Gasteiger partial charge in [-0.25, -0.2) is 0 Å². The van der Waals surface area contributed by atoms with Crippen LogP contribution < -0.4 is 21.3 Å². The molecule has 0 radical (unpaired) electrons. The summed E-state index contributed by atoms with van der Waals surface area (Å²) in [7, 11) is 0. The van der Waals surface area contributed by atoms with Crippen LogP contribution in [0.4, 0.5) is 5.69 Å². The second kappa shape index (κ2) is 6.53. The molecule has 0 saturated heterocycles. The molecule has 6 heteroatoms. The highest BCUT2D eigenvalue weighted by atomic mass is 16.5. The number of hydrogen-bond donors (Lipinski definition) is 3. The van der Waals surface area contributed by atoms with Gasteiger partial charge in [0.05, 0.1) is 11.3 Å². The van der Waals surface area contributed by atoms with Crippen molar-refractivity contribution in [1.29, 1.82) is 0 Å². The molecule has 1 aromatic heterocycles. The third-order valence-corrected chi connectivity index (χ3v) is 2.56. The highest BCUT2D eigenvalue weighted by Gasteiger charge is 2.09. The fraction of sp³-hybridized carbons (Fsp3) is 0.143. The number of hydrogen-bond acceptors (Lipinski definition) is 4. The summed E-state index contributed by atoms with van der Waals surface area (Å²) in [6, 6.07) is 9.83. The van der Waals surface area contributed by atoms with E-state index < -0.39 is 0 Å². The summed E-state index contributed by atoms with van der Waals surface area (Å²) >= 11 is 0. The molecule has 0 aliphatic rings. The molecule has 1 heterocycles. The Morgan fingerprint density at radius 1 is 1.25 bits per heavy atom. The molecular formula is C14H15N3O3. The Morgan fingerprint density at radius 2 is 2.05 bits per heavy atom. The minimum absolute atomic E-state index is 0.256. The van der Waals surface area contributed by atoms with Crippen molar-refractivity contribution >= 4 is 11.6 Å². The summed E-state index contributed by atoms with van der Waals surface area (Å²) in [4.78, 5) is 25.4. The molecule has 1 aromatic carbocycles. The number of ether oxygens (including phenoxy) is 1. The summed E-state index contributed by atoms with van der Waals surface area (Å²) < 4.78 is 5.44. The number of carbonyl (C=O) groups excluding carboxylic acids is 1. The van der Waals surface area contributed by atoms with Gasteiger partial charge in [-0.15, -0.1) is 0 Å². The van der Waals surface area contributed by atoms with Crippen LogP contribution in [0.3, 0.4) is 0 Å². The maximum Gasteiger partial charge on any atom is 0.257 e. The van der Waals surface area contributed by atoms with Crippen molar-refractivity contribution < 1.29 is 9.53 Å². The minimum atomic E-state index is -0.329. The second-order valence-electron chi connectivity index (χ2n) is 4.03. The van der Waals surface area contributed by atoms with Gasteiger partial charge in [-0.3, -0.25) is 9.59 Å². The molecule has 0 atom stereocenters. The largest absolute Gasteiger partial charge is 0.490 e. The number of benzene rings is 1. The molecule has 6 nitrogen and oxygen atoms in total. The molecule has 0 spiro atoms. The Labute approximate surface area is 115 Å². The van der Waals surface area contributed by atoms with Crippen LogP contribution in [0.5, 0.6) is 5.75 Å². The molecule has 2 aromatic rings. The quantitative estimate of drug-likeness (QED) is 0.756.